The molecule has 9 rings (SSSR count). The van der Waals surface area contributed by atoms with E-state index in [4.69, 9.17) is 37.5 Å². The second kappa shape index (κ2) is 24.1. The van der Waals surface area contributed by atoms with E-state index in [2.05, 4.69) is 46.7 Å². The van der Waals surface area contributed by atoms with Crippen molar-refractivity contribution in [2.24, 2.45) is 0 Å². The standard InChI is InChI=1S/C20H25ClN4O5.C15H22ClN3O.C9H8N2O7/c21-16-2-1-3-17(23-10-12-29-13-11-23)15(16)14-22-6-8-24(9-7-22)20(28)30-25-18(26)4-5-19(25)27;16-14-2-1-3-15(19-8-10-20-11-9-19)13(14)12-18-6-4-17-5-7-18;12-5-1-2-6(13)10(5)17-9(16)18-11-7(14)3-4-8(11)15/h1-3H,4-14H2;1-3,17H,4-12H2;1-4H2. The van der Waals surface area contributed by atoms with Crippen LogP contribution in [-0.4, -0.2) is 183 Å². The van der Waals surface area contributed by atoms with Gasteiger partial charge < -0.3 is 34.3 Å². The molecular weight excluding hydrogens is 933 g/mol. The van der Waals surface area contributed by atoms with Crippen LogP contribution in [0.5, 0.6) is 0 Å². The van der Waals surface area contributed by atoms with E-state index in [1.807, 2.05) is 24.3 Å². The van der Waals surface area contributed by atoms with Gasteiger partial charge in [-0.1, -0.05) is 45.5 Å². The van der Waals surface area contributed by atoms with Crippen molar-refractivity contribution in [3.63, 3.8) is 0 Å². The summed E-state index contributed by atoms with van der Waals surface area (Å²) in [7, 11) is 0. The molecule has 0 saturated carbocycles. The summed E-state index contributed by atoms with van der Waals surface area (Å²) in [5.74, 6) is -3.68. The Morgan fingerprint density at radius 2 is 0.868 bits per heavy atom. The Morgan fingerprint density at radius 1 is 0.500 bits per heavy atom. The van der Waals surface area contributed by atoms with Gasteiger partial charge in [-0.25, -0.2) is 4.79 Å². The summed E-state index contributed by atoms with van der Waals surface area (Å²) in [6.45, 7) is 14.7. The molecule has 24 heteroatoms. The summed E-state index contributed by atoms with van der Waals surface area (Å²) in [6, 6.07) is 12.2. The Kier molecular flexibility index (Phi) is 17.8. The third kappa shape index (κ3) is 13.1. The molecule has 0 spiro atoms. The molecule has 7 saturated heterocycles. The average Bonchev–Trinajstić information content (AvgIpc) is 3.97. The van der Waals surface area contributed by atoms with Gasteiger partial charge in [0.25, 0.3) is 35.4 Å². The van der Waals surface area contributed by atoms with Gasteiger partial charge in [-0.15, -0.1) is 5.06 Å². The summed E-state index contributed by atoms with van der Waals surface area (Å²) in [6.07, 6.45) is -2.22. The number of piperazine rings is 2. The van der Waals surface area contributed by atoms with E-state index in [1.165, 1.54) is 16.2 Å². The fourth-order valence-corrected chi connectivity index (χ4v) is 8.75. The highest BCUT2D eigenvalue weighted by Gasteiger charge is 2.38. The Labute approximate surface area is 402 Å². The van der Waals surface area contributed by atoms with Crippen molar-refractivity contribution in [1.29, 1.82) is 0 Å². The van der Waals surface area contributed by atoms with E-state index < -0.39 is 47.7 Å². The number of ether oxygens (including phenoxy) is 2. The van der Waals surface area contributed by atoms with Gasteiger partial charge in [0.05, 0.1) is 26.4 Å². The van der Waals surface area contributed by atoms with E-state index in [-0.39, 0.29) is 48.7 Å². The topological polar surface area (TPSA) is 221 Å². The second-order valence-electron chi connectivity index (χ2n) is 16.5. The number of halogens is 2. The Morgan fingerprint density at radius 3 is 1.26 bits per heavy atom. The van der Waals surface area contributed by atoms with Crippen molar-refractivity contribution < 1.29 is 62.3 Å². The van der Waals surface area contributed by atoms with Gasteiger partial charge in [-0.2, -0.15) is 4.79 Å². The second-order valence-corrected chi connectivity index (χ2v) is 17.3. The molecule has 0 bridgehead atoms. The number of rotatable bonds is 9. The summed E-state index contributed by atoms with van der Waals surface area (Å²) >= 11 is 13.0. The monoisotopic (exact) mass is 987 g/mol. The third-order valence-corrected chi connectivity index (χ3v) is 12.7. The van der Waals surface area contributed by atoms with Crippen molar-refractivity contribution in [2.75, 3.05) is 115 Å². The molecule has 2 aromatic carbocycles. The van der Waals surface area contributed by atoms with E-state index >= 15 is 0 Å². The number of imide groups is 3. The van der Waals surface area contributed by atoms with Crippen LogP contribution in [0.2, 0.25) is 10.0 Å². The van der Waals surface area contributed by atoms with Crippen molar-refractivity contribution >= 4 is 82.3 Å². The molecule has 7 heterocycles. The van der Waals surface area contributed by atoms with Crippen molar-refractivity contribution in [3.8, 4) is 0 Å². The maximum absolute atomic E-state index is 12.3. The van der Waals surface area contributed by atoms with Gasteiger partial charge in [0.1, 0.15) is 0 Å². The molecule has 0 unspecified atom stereocenters. The number of nitrogens with one attached hydrogen (secondary N) is 1. The molecule has 68 heavy (non-hydrogen) atoms. The summed E-state index contributed by atoms with van der Waals surface area (Å²) in [5.41, 5.74) is 4.74. The number of nitrogens with zero attached hydrogens (tertiary/aromatic N) is 8. The zero-order valence-electron chi connectivity index (χ0n) is 37.6. The normalized spacial score (nSPS) is 20.6. The van der Waals surface area contributed by atoms with Crippen LogP contribution in [0.3, 0.4) is 0 Å². The number of benzene rings is 2. The zero-order chi connectivity index (χ0) is 48.2. The summed E-state index contributed by atoms with van der Waals surface area (Å²) in [5, 5.41) is 6.11. The van der Waals surface area contributed by atoms with Gasteiger partial charge in [-0.3, -0.25) is 48.2 Å². The molecule has 0 aliphatic carbocycles. The van der Waals surface area contributed by atoms with Crippen LogP contribution in [0.4, 0.5) is 21.0 Å². The van der Waals surface area contributed by atoms with Crippen molar-refractivity contribution in [1.82, 2.24) is 35.2 Å². The number of morpholine rings is 2. The number of carbonyl (C=O) groups is 8. The van der Waals surface area contributed by atoms with Crippen LogP contribution in [0.15, 0.2) is 36.4 Å². The van der Waals surface area contributed by atoms with E-state index in [0.29, 0.717) is 51.0 Å². The van der Waals surface area contributed by atoms with Gasteiger partial charge in [0, 0.05) is 163 Å². The Balaban J connectivity index is 0.000000158. The molecule has 0 radical (unpaired) electrons. The first kappa shape index (κ1) is 50.3. The molecule has 0 aromatic heterocycles. The van der Waals surface area contributed by atoms with Crippen LogP contribution in [0, 0.1) is 0 Å². The molecular formula is C44H55Cl2N9O13. The number of amides is 7. The SMILES string of the molecule is Clc1cccc(N2CCOCC2)c1CN1CCNCC1.O=C(ON1C(=O)CCC1=O)N1CCN(Cc2c(Cl)cccc2N2CCOCC2)CC1.O=C(ON1C(=O)CCC1=O)ON1C(=O)CCC1=O. The first-order chi connectivity index (χ1) is 32.9. The van der Waals surface area contributed by atoms with Crippen LogP contribution >= 0.6 is 23.2 Å². The van der Waals surface area contributed by atoms with Gasteiger partial charge in [0.2, 0.25) is 0 Å². The number of carbonyl (C=O) groups excluding carboxylic acids is 8. The molecule has 0 atom stereocenters. The zero-order valence-corrected chi connectivity index (χ0v) is 39.1. The lowest BCUT2D eigenvalue weighted by Gasteiger charge is -2.36. The van der Waals surface area contributed by atoms with E-state index in [0.717, 1.165) is 93.4 Å². The Bertz CT molecular complexity index is 2110. The highest BCUT2D eigenvalue weighted by Crippen LogP contribution is 2.31. The minimum Gasteiger partial charge on any atom is -0.378 e. The summed E-state index contributed by atoms with van der Waals surface area (Å²) in [4.78, 5) is 116. The lowest BCUT2D eigenvalue weighted by Crippen LogP contribution is -2.50. The maximum atomic E-state index is 12.3. The van der Waals surface area contributed by atoms with E-state index in [1.54, 1.807) is 0 Å². The minimum absolute atomic E-state index is 0.0618. The first-order valence-corrected chi connectivity index (χ1v) is 23.4. The molecule has 2 aromatic rings. The van der Waals surface area contributed by atoms with Crippen molar-refractivity contribution in [3.05, 3.63) is 57.6 Å². The molecule has 7 aliphatic rings. The lowest BCUT2D eigenvalue weighted by atomic mass is 10.1. The third-order valence-electron chi connectivity index (χ3n) is 12.0. The maximum Gasteiger partial charge on any atom is 0.560 e. The molecule has 22 nitrogen and oxygen atoms in total. The fraction of sp³-hybridized carbons (Fsp3) is 0.545. The van der Waals surface area contributed by atoms with Gasteiger partial charge in [0.15, 0.2) is 0 Å². The van der Waals surface area contributed by atoms with E-state index in [9.17, 15) is 38.4 Å². The highest BCUT2D eigenvalue weighted by molar-refractivity contribution is 6.32. The van der Waals surface area contributed by atoms with Crippen LogP contribution < -0.4 is 15.1 Å². The molecule has 368 valence electrons. The quantitative estimate of drug-likeness (QED) is 0.357. The average molecular weight is 989 g/mol. The number of hydrogen-bond acceptors (Lipinski definition) is 18. The number of anilines is 2. The van der Waals surface area contributed by atoms with Gasteiger partial charge in [-0.05, 0) is 24.3 Å². The number of hydrogen-bond donors (Lipinski definition) is 1. The smallest absolute Gasteiger partial charge is 0.378 e. The van der Waals surface area contributed by atoms with Crippen LogP contribution in [-0.2, 0) is 65.8 Å². The predicted octanol–water partition coefficient (Wildman–Crippen LogP) is 2.34. The molecule has 7 amide bonds. The highest BCUT2D eigenvalue weighted by atomic mass is 35.5. The predicted molar refractivity (Wildman–Crippen MR) is 241 cm³/mol. The summed E-state index contributed by atoms with van der Waals surface area (Å²) < 4.78 is 10.9. The largest absolute Gasteiger partial charge is 0.560 e. The fourth-order valence-electron chi connectivity index (χ4n) is 8.29. The van der Waals surface area contributed by atoms with Crippen molar-refractivity contribution in [2.45, 2.75) is 51.6 Å². The first-order valence-electron chi connectivity index (χ1n) is 22.7. The van der Waals surface area contributed by atoms with Crippen LogP contribution in [0.1, 0.15) is 49.7 Å². The molecule has 1 N–H and O–H groups in total. The molecule has 7 aliphatic heterocycles. The number of hydroxylamine groups is 6. The van der Waals surface area contributed by atoms with Gasteiger partial charge >= 0.3 is 12.2 Å². The van der Waals surface area contributed by atoms with Crippen LogP contribution in [0.25, 0.3) is 0 Å². The molecule has 7 fully saturated rings. The minimum atomic E-state index is -1.48. The lowest BCUT2D eigenvalue weighted by molar-refractivity contribution is -0.198. The Hall–Kier alpha value is -5.62.